The summed E-state index contributed by atoms with van der Waals surface area (Å²) in [5.74, 6) is 0.695. The van der Waals surface area contributed by atoms with Crippen LogP contribution in [0.15, 0.2) is 18.6 Å². The van der Waals surface area contributed by atoms with Crippen LogP contribution >= 0.6 is 0 Å². The highest BCUT2D eigenvalue weighted by Gasteiger charge is 2.44. The molecule has 0 radical (unpaired) electrons. The Hall–Kier alpha value is -1.96. The van der Waals surface area contributed by atoms with Crippen LogP contribution in [-0.2, 0) is 6.42 Å². The molecule has 0 unspecified atom stereocenters. The molecule has 2 aliphatic rings. The molecule has 0 saturated carbocycles. The molecule has 1 spiro atoms. The summed E-state index contributed by atoms with van der Waals surface area (Å²) in [6.07, 6.45) is -0.298. The fourth-order valence-corrected chi connectivity index (χ4v) is 3.74. The maximum Gasteiger partial charge on any atom is 0.393 e. The number of anilines is 1. The van der Waals surface area contributed by atoms with Crippen molar-refractivity contribution in [2.75, 3.05) is 31.1 Å². The first kappa shape index (κ1) is 15.6. The number of hydrogen-bond acceptors (Lipinski definition) is 5. The van der Waals surface area contributed by atoms with Crippen molar-refractivity contribution in [3.05, 3.63) is 24.2 Å². The Bertz CT molecular complexity index is 747. The quantitative estimate of drug-likeness (QED) is 0.911. The maximum atomic E-state index is 12.6. The van der Waals surface area contributed by atoms with Crippen molar-refractivity contribution in [3.63, 3.8) is 0 Å². The molecule has 2 aromatic rings. The Balaban J connectivity index is 1.62. The summed E-state index contributed by atoms with van der Waals surface area (Å²) in [5.41, 5.74) is 0.903. The van der Waals surface area contributed by atoms with E-state index in [1.54, 1.807) is 0 Å². The fraction of sp³-hybridized carbons (Fsp3) is 0.562. The number of nitrogens with zero attached hydrogens (tertiary/aromatic N) is 4. The van der Waals surface area contributed by atoms with Gasteiger partial charge in [-0.1, -0.05) is 0 Å². The zero-order valence-electron chi connectivity index (χ0n) is 13.1. The van der Waals surface area contributed by atoms with Gasteiger partial charge in [-0.3, -0.25) is 0 Å². The molecule has 2 aromatic heterocycles. The van der Waals surface area contributed by atoms with E-state index < -0.39 is 12.6 Å². The summed E-state index contributed by atoms with van der Waals surface area (Å²) < 4.78 is 37.9. The van der Waals surface area contributed by atoms with Crippen LogP contribution < -0.4 is 10.2 Å². The van der Waals surface area contributed by atoms with Crippen LogP contribution in [0.2, 0.25) is 0 Å². The molecule has 5 nitrogen and oxygen atoms in total. The lowest BCUT2D eigenvalue weighted by molar-refractivity contribution is -0.127. The number of nitrogens with one attached hydrogen (secondary N) is 1. The summed E-state index contributed by atoms with van der Waals surface area (Å²) in [6.45, 7) is 3.83. The third-order valence-corrected chi connectivity index (χ3v) is 4.95. The molecule has 128 valence electrons. The van der Waals surface area contributed by atoms with E-state index in [1.165, 1.54) is 18.6 Å². The normalized spacial score (nSPS) is 20.4. The van der Waals surface area contributed by atoms with Gasteiger partial charge < -0.3 is 10.2 Å². The number of alkyl halides is 3. The van der Waals surface area contributed by atoms with E-state index in [4.69, 9.17) is 0 Å². The molecule has 2 saturated heterocycles. The molecule has 0 amide bonds. The minimum absolute atomic E-state index is 0.142. The summed E-state index contributed by atoms with van der Waals surface area (Å²) in [6, 6.07) is 1.53. The first-order chi connectivity index (χ1) is 11.4. The van der Waals surface area contributed by atoms with Gasteiger partial charge in [0.05, 0.1) is 11.8 Å². The zero-order chi connectivity index (χ0) is 16.8. The number of piperidine rings is 1. The lowest BCUT2D eigenvalue weighted by Gasteiger charge is -2.53. The molecule has 4 rings (SSSR count). The third-order valence-electron chi connectivity index (χ3n) is 4.95. The van der Waals surface area contributed by atoms with Gasteiger partial charge in [0.2, 0.25) is 0 Å². The van der Waals surface area contributed by atoms with Crippen LogP contribution in [0.4, 0.5) is 19.0 Å². The van der Waals surface area contributed by atoms with E-state index in [2.05, 4.69) is 25.2 Å². The minimum atomic E-state index is -4.25. The number of halogens is 3. The predicted octanol–water partition coefficient (Wildman–Crippen LogP) is 2.32. The van der Waals surface area contributed by atoms with Gasteiger partial charge in [0.25, 0.3) is 0 Å². The SMILES string of the molecule is FC(F)(F)Cc1cnc2ncnc(N3CC4(CCNCC4)C3)c2c1. The van der Waals surface area contributed by atoms with Gasteiger partial charge in [0.1, 0.15) is 12.1 Å². The topological polar surface area (TPSA) is 53.9 Å². The maximum absolute atomic E-state index is 12.6. The van der Waals surface area contributed by atoms with Crippen LogP contribution in [-0.4, -0.2) is 47.3 Å². The van der Waals surface area contributed by atoms with E-state index in [0.29, 0.717) is 22.3 Å². The number of hydrogen-bond donors (Lipinski definition) is 1. The summed E-state index contributed by atoms with van der Waals surface area (Å²) in [5, 5.41) is 3.96. The molecule has 1 N–H and O–H groups in total. The highest BCUT2D eigenvalue weighted by molar-refractivity contribution is 5.87. The summed E-state index contributed by atoms with van der Waals surface area (Å²) in [7, 11) is 0. The lowest BCUT2D eigenvalue weighted by Crippen LogP contribution is -2.60. The van der Waals surface area contributed by atoms with Crippen LogP contribution in [0.25, 0.3) is 11.0 Å². The van der Waals surface area contributed by atoms with Crippen LogP contribution in [0.3, 0.4) is 0 Å². The van der Waals surface area contributed by atoms with Gasteiger partial charge in [-0.2, -0.15) is 13.2 Å². The van der Waals surface area contributed by atoms with Gasteiger partial charge in [-0.15, -0.1) is 0 Å². The van der Waals surface area contributed by atoms with Gasteiger partial charge in [-0.05, 0) is 37.6 Å². The third kappa shape index (κ3) is 2.90. The molecule has 0 aromatic carbocycles. The van der Waals surface area contributed by atoms with Crippen molar-refractivity contribution in [2.45, 2.75) is 25.4 Å². The highest BCUT2D eigenvalue weighted by atomic mass is 19.4. The molecule has 2 aliphatic heterocycles. The van der Waals surface area contributed by atoms with Crippen LogP contribution in [0.1, 0.15) is 18.4 Å². The minimum Gasteiger partial charge on any atom is -0.355 e. The van der Waals surface area contributed by atoms with Crippen molar-refractivity contribution in [1.29, 1.82) is 0 Å². The summed E-state index contributed by atoms with van der Waals surface area (Å²) >= 11 is 0. The van der Waals surface area contributed by atoms with Gasteiger partial charge >= 0.3 is 6.18 Å². The molecule has 2 fully saturated rings. The molecule has 0 aliphatic carbocycles. The fourth-order valence-electron chi connectivity index (χ4n) is 3.74. The second-order valence-corrected chi connectivity index (χ2v) is 6.81. The van der Waals surface area contributed by atoms with Crippen LogP contribution in [0, 0.1) is 5.41 Å². The van der Waals surface area contributed by atoms with Crippen molar-refractivity contribution in [1.82, 2.24) is 20.3 Å². The molecule has 24 heavy (non-hydrogen) atoms. The molecule has 0 bridgehead atoms. The molecular weight excluding hydrogens is 319 g/mol. The van der Waals surface area contributed by atoms with E-state index in [0.717, 1.165) is 39.0 Å². The van der Waals surface area contributed by atoms with E-state index in [-0.39, 0.29) is 5.56 Å². The van der Waals surface area contributed by atoms with Crippen LogP contribution in [0.5, 0.6) is 0 Å². The van der Waals surface area contributed by atoms with Gasteiger partial charge in [0, 0.05) is 24.7 Å². The van der Waals surface area contributed by atoms with E-state index >= 15 is 0 Å². The Morgan fingerprint density at radius 2 is 1.88 bits per heavy atom. The molecule has 8 heteroatoms. The highest BCUT2D eigenvalue weighted by Crippen LogP contribution is 2.42. The number of rotatable bonds is 2. The van der Waals surface area contributed by atoms with Crippen molar-refractivity contribution in [3.8, 4) is 0 Å². The Morgan fingerprint density at radius 3 is 2.58 bits per heavy atom. The number of fused-ring (bicyclic) bond motifs is 1. The average Bonchev–Trinajstić information content (AvgIpc) is 2.51. The second kappa shape index (κ2) is 5.54. The monoisotopic (exact) mass is 337 g/mol. The van der Waals surface area contributed by atoms with Crippen molar-refractivity contribution >= 4 is 16.9 Å². The second-order valence-electron chi connectivity index (χ2n) is 6.81. The first-order valence-corrected chi connectivity index (χ1v) is 8.06. The Kier molecular flexibility index (Phi) is 3.59. The number of pyridine rings is 1. The first-order valence-electron chi connectivity index (χ1n) is 8.06. The largest absolute Gasteiger partial charge is 0.393 e. The Morgan fingerprint density at radius 1 is 1.12 bits per heavy atom. The predicted molar refractivity (Wildman–Crippen MR) is 83.8 cm³/mol. The van der Waals surface area contributed by atoms with Gasteiger partial charge in [-0.25, -0.2) is 15.0 Å². The lowest BCUT2D eigenvalue weighted by atomic mass is 9.72. The van der Waals surface area contributed by atoms with Gasteiger partial charge in [0.15, 0.2) is 5.65 Å². The zero-order valence-corrected chi connectivity index (χ0v) is 13.1. The Labute approximate surface area is 137 Å². The molecule has 4 heterocycles. The summed E-state index contributed by atoms with van der Waals surface area (Å²) in [4.78, 5) is 14.6. The molecule has 0 atom stereocenters. The average molecular weight is 337 g/mol. The van der Waals surface area contributed by atoms with Crippen molar-refractivity contribution < 1.29 is 13.2 Å². The smallest absolute Gasteiger partial charge is 0.355 e. The van der Waals surface area contributed by atoms with Crippen molar-refractivity contribution in [2.24, 2.45) is 5.41 Å². The standard InChI is InChI=1S/C16H18F3N5/c17-16(18,19)6-11-5-12-13(21-7-11)22-10-23-14(12)24-8-15(9-24)1-3-20-4-2-15/h5,7,10,20H,1-4,6,8-9H2. The molecular formula is C16H18F3N5. The van der Waals surface area contributed by atoms with E-state index in [9.17, 15) is 13.2 Å². The number of aromatic nitrogens is 3. The van der Waals surface area contributed by atoms with E-state index in [1.807, 2.05) is 0 Å².